The lowest BCUT2D eigenvalue weighted by Crippen LogP contribution is -2.12. The predicted octanol–water partition coefficient (Wildman–Crippen LogP) is 4.79. The van der Waals surface area contributed by atoms with Gasteiger partial charge in [0.05, 0.1) is 10.9 Å². The third-order valence-electron chi connectivity index (χ3n) is 3.33. The molecule has 3 rings (SSSR count). The molecule has 2 aromatic carbocycles. The van der Waals surface area contributed by atoms with Crippen LogP contribution in [0.5, 0.6) is 0 Å². The highest BCUT2D eigenvalue weighted by Crippen LogP contribution is 2.37. The molecular formula is C17H15ClN2S. The van der Waals surface area contributed by atoms with E-state index in [1.165, 1.54) is 11.1 Å². The number of nitrogens with two attached hydrogens (primary N) is 1. The van der Waals surface area contributed by atoms with E-state index in [0.717, 1.165) is 16.3 Å². The summed E-state index contributed by atoms with van der Waals surface area (Å²) in [6, 6.07) is 16.2. The lowest BCUT2D eigenvalue weighted by atomic mass is 10.1. The summed E-state index contributed by atoms with van der Waals surface area (Å²) in [5.41, 5.74) is 10.4. The SMILES string of the molecule is Cc1ccc(C2C=C(c3ccc(Cl)cc3)N=C(N)S2)cc1. The molecule has 21 heavy (non-hydrogen) atoms. The van der Waals surface area contributed by atoms with Gasteiger partial charge in [0, 0.05) is 10.6 Å². The van der Waals surface area contributed by atoms with Crippen molar-refractivity contribution < 1.29 is 0 Å². The summed E-state index contributed by atoms with van der Waals surface area (Å²) in [4.78, 5) is 4.45. The van der Waals surface area contributed by atoms with Gasteiger partial charge in [-0.1, -0.05) is 65.3 Å². The first-order chi connectivity index (χ1) is 10.1. The van der Waals surface area contributed by atoms with Gasteiger partial charge in [0.25, 0.3) is 0 Å². The topological polar surface area (TPSA) is 38.4 Å². The van der Waals surface area contributed by atoms with Gasteiger partial charge in [-0.3, -0.25) is 0 Å². The van der Waals surface area contributed by atoms with E-state index in [2.05, 4.69) is 42.3 Å². The zero-order valence-electron chi connectivity index (χ0n) is 11.6. The Labute approximate surface area is 133 Å². The number of hydrogen-bond donors (Lipinski definition) is 1. The molecule has 0 amide bonds. The Bertz CT molecular complexity index is 703. The molecule has 1 atom stereocenters. The van der Waals surface area contributed by atoms with Crippen LogP contribution in [0, 0.1) is 6.92 Å². The molecule has 0 fully saturated rings. The van der Waals surface area contributed by atoms with Crippen LogP contribution in [0.1, 0.15) is 21.9 Å². The number of aliphatic imine (C=N–C) groups is 1. The van der Waals surface area contributed by atoms with E-state index in [4.69, 9.17) is 17.3 Å². The van der Waals surface area contributed by atoms with E-state index in [1.54, 1.807) is 11.8 Å². The molecule has 106 valence electrons. The molecule has 4 heteroatoms. The van der Waals surface area contributed by atoms with Crippen LogP contribution in [0.3, 0.4) is 0 Å². The van der Waals surface area contributed by atoms with Crippen LogP contribution in [0.25, 0.3) is 5.70 Å². The number of aryl methyl sites for hydroxylation is 1. The molecule has 1 heterocycles. The Morgan fingerprint density at radius 1 is 1.05 bits per heavy atom. The first kappa shape index (κ1) is 14.2. The maximum absolute atomic E-state index is 6.00. The van der Waals surface area contributed by atoms with Crippen molar-refractivity contribution in [2.45, 2.75) is 12.2 Å². The fourth-order valence-corrected chi connectivity index (χ4v) is 3.22. The number of benzene rings is 2. The summed E-state index contributed by atoms with van der Waals surface area (Å²) in [7, 11) is 0. The van der Waals surface area contributed by atoms with Gasteiger partial charge in [0.15, 0.2) is 5.17 Å². The Balaban J connectivity index is 1.95. The van der Waals surface area contributed by atoms with Crippen LogP contribution in [0.15, 0.2) is 59.6 Å². The summed E-state index contributed by atoms with van der Waals surface area (Å²) in [6.07, 6.45) is 2.15. The number of nitrogens with zero attached hydrogens (tertiary/aromatic N) is 1. The average Bonchev–Trinajstić information content (AvgIpc) is 2.48. The lowest BCUT2D eigenvalue weighted by Gasteiger charge is -2.19. The van der Waals surface area contributed by atoms with Crippen molar-refractivity contribution in [3.8, 4) is 0 Å². The van der Waals surface area contributed by atoms with Crippen LogP contribution >= 0.6 is 23.4 Å². The molecule has 0 aliphatic carbocycles. The van der Waals surface area contributed by atoms with E-state index in [0.29, 0.717) is 5.17 Å². The van der Waals surface area contributed by atoms with Gasteiger partial charge in [0.2, 0.25) is 0 Å². The second-order valence-corrected chi connectivity index (χ2v) is 6.56. The Morgan fingerprint density at radius 2 is 1.71 bits per heavy atom. The molecule has 0 radical (unpaired) electrons. The Hall–Kier alpha value is -1.71. The van der Waals surface area contributed by atoms with Crippen molar-refractivity contribution in [1.82, 2.24) is 0 Å². The quantitative estimate of drug-likeness (QED) is 0.865. The second kappa shape index (κ2) is 5.96. The standard InChI is InChI=1S/C17H15ClN2S/c1-11-2-4-13(5-3-11)16-10-15(20-17(19)21-16)12-6-8-14(18)9-7-12/h2-10,16H,1H3,(H2,19,20). The normalized spacial score (nSPS) is 18.1. The van der Waals surface area contributed by atoms with Crippen molar-refractivity contribution in [3.63, 3.8) is 0 Å². The molecule has 2 nitrogen and oxygen atoms in total. The van der Waals surface area contributed by atoms with Gasteiger partial charge in [0.1, 0.15) is 0 Å². The number of thioether (sulfide) groups is 1. The van der Waals surface area contributed by atoms with E-state index >= 15 is 0 Å². The van der Waals surface area contributed by atoms with Crippen molar-refractivity contribution in [1.29, 1.82) is 0 Å². The Kier molecular flexibility index (Phi) is 4.04. The van der Waals surface area contributed by atoms with Crippen molar-refractivity contribution in [2.75, 3.05) is 0 Å². The molecule has 2 aromatic rings. The van der Waals surface area contributed by atoms with Gasteiger partial charge in [-0.25, -0.2) is 4.99 Å². The summed E-state index contributed by atoms with van der Waals surface area (Å²) >= 11 is 7.51. The molecule has 0 bridgehead atoms. The van der Waals surface area contributed by atoms with Crippen LogP contribution in [-0.2, 0) is 0 Å². The summed E-state index contributed by atoms with van der Waals surface area (Å²) in [6.45, 7) is 2.09. The smallest absolute Gasteiger partial charge is 0.160 e. The highest BCUT2D eigenvalue weighted by atomic mass is 35.5. The zero-order valence-corrected chi connectivity index (χ0v) is 13.2. The minimum atomic E-state index is 0.189. The van der Waals surface area contributed by atoms with Crippen molar-refractivity contribution in [2.24, 2.45) is 10.7 Å². The largest absolute Gasteiger partial charge is 0.378 e. The molecule has 0 saturated carbocycles. The first-order valence-electron chi connectivity index (χ1n) is 6.67. The molecule has 0 aromatic heterocycles. The number of hydrogen-bond acceptors (Lipinski definition) is 3. The van der Waals surface area contributed by atoms with E-state index in [-0.39, 0.29) is 5.25 Å². The molecule has 0 spiro atoms. The monoisotopic (exact) mass is 314 g/mol. The van der Waals surface area contributed by atoms with Crippen molar-refractivity contribution >= 4 is 34.2 Å². The van der Waals surface area contributed by atoms with Gasteiger partial charge < -0.3 is 5.73 Å². The summed E-state index contributed by atoms with van der Waals surface area (Å²) < 4.78 is 0. The molecule has 1 unspecified atom stereocenters. The summed E-state index contributed by atoms with van der Waals surface area (Å²) in [5, 5.41) is 1.50. The molecule has 0 saturated heterocycles. The molecule has 1 aliphatic rings. The number of amidine groups is 1. The van der Waals surface area contributed by atoms with Gasteiger partial charge in [-0.2, -0.15) is 0 Å². The maximum atomic E-state index is 6.00. The molecular weight excluding hydrogens is 300 g/mol. The Morgan fingerprint density at radius 3 is 2.38 bits per heavy atom. The summed E-state index contributed by atoms with van der Waals surface area (Å²) in [5.74, 6) is 0. The predicted molar refractivity (Wildman–Crippen MR) is 92.6 cm³/mol. The number of halogens is 1. The van der Waals surface area contributed by atoms with Crippen LogP contribution in [0.4, 0.5) is 0 Å². The van der Waals surface area contributed by atoms with E-state index < -0.39 is 0 Å². The highest BCUT2D eigenvalue weighted by molar-refractivity contribution is 8.14. The second-order valence-electron chi connectivity index (χ2n) is 4.96. The van der Waals surface area contributed by atoms with Crippen LogP contribution < -0.4 is 5.73 Å². The maximum Gasteiger partial charge on any atom is 0.160 e. The minimum absolute atomic E-state index is 0.189. The van der Waals surface area contributed by atoms with E-state index in [9.17, 15) is 0 Å². The average molecular weight is 315 g/mol. The fraction of sp³-hybridized carbons (Fsp3) is 0.118. The van der Waals surface area contributed by atoms with E-state index in [1.807, 2.05) is 24.3 Å². The lowest BCUT2D eigenvalue weighted by molar-refractivity contribution is 1.21. The third-order valence-corrected chi connectivity index (χ3v) is 4.58. The minimum Gasteiger partial charge on any atom is -0.378 e. The number of rotatable bonds is 2. The van der Waals surface area contributed by atoms with Gasteiger partial charge in [-0.05, 0) is 30.7 Å². The van der Waals surface area contributed by atoms with Crippen LogP contribution in [-0.4, -0.2) is 5.17 Å². The first-order valence-corrected chi connectivity index (χ1v) is 7.93. The zero-order chi connectivity index (χ0) is 14.8. The fourth-order valence-electron chi connectivity index (χ4n) is 2.19. The van der Waals surface area contributed by atoms with Crippen molar-refractivity contribution in [3.05, 3.63) is 76.3 Å². The third kappa shape index (κ3) is 3.31. The molecule has 2 N–H and O–H groups in total. The van der Waals surface area contributed by atoms with Gasteiger partial charge in [-0.15, -0.1) is 0 Å². The van der Waals surface area contributed by atoms with Crippen LogP contribution in [0.2, 0.25) is 5.02 Å². The highest BCUT2D eigenvalue weighted by Gasteiger charge is 2.18. The van der Waals surface area contributed by atoms with Gasteiger partial charge >= 0.3 is 0 Å². The molecule has 1 aliphatic heterocycles.